The van der Waals surface area contributed by atoms with Crippen molar-refractivity contribution >= 4 is 34.8 Å². The number of nitrogens with two attached hydrogens (primary N) is 1. The maximum Gasteiger partial charge on any atom is 0.573 e. The van der Waals surface area contributed by atoms with Gasteiger partial charge in [0.05, 0.1) is 0 Å². The average molecular weight is 571 g/mol. The number of benzene rings is 3. The number of alkyl halides is 3. The van der Waals surface area contributed by atoms with E-state index in [4.69, 9.17) is 5.73 Å². The van der Waals surface area contributed by atoms with E-state index in [2.05, 4.69) is 21.6 Å². The van der Waals surface area contributed by atoms with Gasteiger partial charge in [-0.05, 0) is 65.8 Å². The van der Waals surface area contributed by atoms with E-state index in [0.29, 0.717) is 17.2 Å². The van der Waals surface area contributed by atoms with E-state index in [1.807, 2.05) is 30.3 Å². The average Bonchev–Trinajstić information content (AvgIpc) is 3.26. The number of Topliss-reactive ketones (excluding diaryl/α,β-unsaturated/α-hetero) is 1. The summed E-state index contributed by atoms with van der Waals surface area (Å²) in [6, 6.07) is 21.3. The van der Waals surface area contributed by atoms with Crippen LogP contribution in [-0.4, -0.2) is 16.7 Å². The molecule has 0 aliphatic heterocycles. The van der Waals surface area contributed by atoms with E-state index < -0.39 is 12.3 Å². The lowest BCUT2D eigenvalue weighted by atomic mass is 9.85. The first kappa shape index (κ1) is 29.5. The molecule has 0 amide bonds. The molecule has 0 saturated heterocycles. The summed E-state index contributed by atoms with van der Waals surface area (Å²) < 4.78 is 45.6. The second-order valence-electron chi connectivity index (χ2n) is 10.6. The highest BCUT2D eigenvalue weighted by atomic mass is 35.5. The second-order valence-corrected chi connectivity index (χ2v) is 10.6. The molecular weight excluding hydrogens is 537 g/mol. The lowest BCUT2D eigenvalue weighted by molar-refractivity contribution is -0.274. The van der Waals surface area contributed by atoms with Crippen LogP contribution in [0.4, 0.5) is 18.9 Å². The number of anilines is 1. The molecule has 0 bridgehead atoms. The fraction of sp³-hybridized carbons (Fsp3) is 0.344. The van der Waals surface area contributed by atoms with E-state index in [9.17, 15) is 18.0 Å². The van der Waals surface area contributed by atoms with Crippen LogP contribution in [0.1, 0.15) is 61.1 Å². The van der Waals surface area contributed by atoms with Crippen molar-refractivity contribution < 1.29 is 22.7 Å². The third-order valence-electron chi connectivity index (χ3n) is 7.68. The highest BCUT2D eigenvalue weighted by Gasteiger charge is 2.32. The number of nitrogens with zero attached hydrogens (tertiary/aromatic N) is 1. The van der Waals surface area contributed by atoms with Gasteiger partial charge in [-0.25, -0.2) is 0 Å². The van der Waals surface area contributed by atoms with Crippen LogP contribution in [-0.2, 0) is 17.8 Å². The number of aromatic nitrogens is 1. The maximum atomic E-state index is 13.4. The summed E-state index contributed by atoms with van der Waals surface area (Å²) in [6.45, 7) is 0.893. The zero-order valence-electron chi connectivity index (χ0n) is 22.2. The molecular formula is C32H34ClF3N2O2. The number of carbonyl (C=O) groups excluding carboxylic acids is 1. The van der Waals surface area contributed by atoms with Crippen molar-refractivity contribution in [3.8, 4) is 5.75 Å². The minimum atomic E-state index is -4.80. The molecule has 1 atom stereocenters. The van der Waals surface area contributed by atoms with Crippen LogP contribution in [0.3, 0.4) is 0 Å². The molecule has 40 heavy (non-hydrogen) atoms. The highest BCUT2D eigenvalue weighted by Crippen LogP contribution is 2.38. The Hall–Kier alpha value is -3.45. The molecule has 1 fully saturated rings. The van der Waals surface area contributed by atoms with Crippen LogP contribution in [0.5, 0.6) is 5.75 Å². The molecule has 1 aliphatic rings. The summed E-state index contributed by atoms with van der Waals surface area (Å²) in [6.07, 6.45) is 3.84. The summed E-state index contributed by atoms with van der Waals surface area (Å²) in [4.78, 5) is 13.4. The molecule has 4 nitrogen and oxygen atoms in total. The van der Waals surface area contributed by atoms with Gasteiger partial charge in [0.1, 0.15) is 11.5 Å². The smallest absolute Gasteiger partial charge is 0.406 e. The molecule has 3 aromatic carbocycles. The molecule has 1 unspecified atom stereocenters. The number of nitrogen functional groups attached to an aromatic ring is 1. The summed E-state index contributed by atoms with van der Waals surface area (Å²) >= 11 is 0. The van der Waals surface area contributed by atoms with Crippen molar-refractivity contribution in [2.45, 2.75) is 63.8 Å². The van der Waals surface area contributed by atoms with Gasteiger partial charge in [0.15, 0.2) is 0 Å². The Bertz CT molecular complexity index is 1430. The number of fused-ring (bicyclic) bond motifs is 1. The molecule has 0 spiro atoms. The highest BCUT2D eigenvalue weighted by molar-refractivity contribution is 5.88. The molecule has 8 heteroatoms. The Kier molecular flexibility index (Phi) is 9.46. The topological polar surface area (TPSA) is 57.3 Å². The Morgan fingerprint density at radius 1 is 0.975 bits per heavy atom. The molecule has 212 valence electrons. The zero-order chi connectivity index (χ0) is 27.4. The van der Waals surface area contributed by atoms with Gasteiger partial charge >= 0.3 is 6.36 Å². The lowest BCUT2D eigenvalue weighted by Crippen LogP contribution is -2.17. The number of ether oxygens (including phenoxy) is 1. The summed E-state index contributed by atoms with van der Waals surface area (Å²) in [5.74, 6) is -0.130. The number of hydrogen-bond acceptors (Lipinski definition) is 3. The Morgan fingerprint density at radius 2 is 1.70 bits per heavy atom. The number of halogens is 4. The Balaban J connectivity index is 0.00000370. The molecule has 1 saturated carbocycles. The largest absolute Gasteiger partial charge is 0.573 e. The van der Waals surface area contributed by atoms with Crippen molar-refractivity contribution in [1.29, 1.82) is 0 Å². The fourth-order valence-corrected chi connectivity index (χ4v) is 5.85. The number of para-hydroxylation sites is 1. The first-order chi connectivity index (χ1) is 18.7. The van der Waals surface area contributed by atoms with Crippen LogP contribution in [0.25, 0.3) is 10.9 Å². The van der Waals surface area contributed by atoms with Crippen LogP contribution in [0.2, 0.25) is 0 Å². The molecule has 1 heterocycles. The normalized spacial score (nSPS) is 15.0. The predicted molar refractivity (Wildman–Crippen MR) is 155 cm³/mol. The van der Waals surface area contributed by atoms with E-state index >= 15 is 0 Å². The third-order valence-corrected chi connectivity index (χ3v) is 7.68. The SMILES string of the molecule is Cl.Nc1ccc(CC(=O)CC(c2cccc(OC(F)(F)F)c2)c2cn(CC3CCCCC3)c3ccccc23)cc1. The van der Waals surface area contributed by atoms with Gasteiger partial charge in [0.2, 0.25) is 0 Å². The molecule has 0 radical (unpaired) electrons. The molecule has 1 aliphatic carbocycles. The first-order valence-corrected chi connectivity index (χ1v) is 13.5. The predicted octanol–water partition coefficient (Wildman–Crippen LogP) is 8.46. The number of rotatable bonds is 9. The summed E-state index contributed by atoms with van der Waals surface area (Å²) in [5.41, 5.74) is 9.90. The molecule has 2 N–H and O–H groups in total. The minimum Gasteiger partial charge on any atom is -0.406 e. The van der Waals surface area contributed by atoms with Crippen molar-refractivity contribution in [1.82, 2.24) is 4.57 Å². The molecule has 4 aromatic rings. The van der Waals surface area contributed by atoms with Crippen LogP contribution in [0.15, 0.2) is 79.0 Å². The van der Waals surface area contributed by atoms with Crippen molar-refractivity contribution in [2.75, 3.05) is 5.73 Å². The minimum absolute atomic E-state index is 0. The van der Waals surface area contributed by atoms with Crippen molar-refractivity contribution in [3.63, 3.8) is 0 Å². The monoisotopic (exact) mass is 570 g/mol. The third kappa shape index (κ3) is 7.39. The Morgan fingerprint density at radius 3 is 2.42 bits per heavy atom. The molecule has 1 aromatic heterocycles. The fourth-order valence-electron chi connectivity index (χ4n) is 5.85. The second kappa shape index (κ2) is 12.8. The molecule has 5 rings (SSSR count). The van der Waals surface area contributed by atoms with E-state index in [1.54, 1.807) is 24.3 Å². The van der Waals surface area contributed by atoms with Gasteiger partial charge in [-0.1, -0.05) is 61.7 Å². The van der Waals surface area contributed by atoms with Crippen LogP contribution in [0, 0.1) is 5.92 Å². The van der Waals surface area contributed by atoms with Crippen molar-refractivity contribution in [2.24, 2.45) is 5.92 Å². The number of carbonyl (C=O) groups is 1. The lowest BCUT2D eigenvalue weighted by Gasteiger charge is -2.22. The number of ketones is 1. The first-order valence-electron chi connectivity index (χ1n) is 13.5. The van der Waals surface area contributed by atoms with Crippen molar-refractivity contribution in [3.05, 3.63) is 95.7 Å². The maximum absolute atomic E-state index is 13.4. The van der Waals surface area contributed by atoms with E-state index in [0.717, 1.165) is 28.6 Å². The summed E-state index contributed by atoms with van der Waals surface area (Å²) in [7, 11) is 0. The quantitative estimate of drug-likeness (QED) is 0.205. The van der Waals surface area contributed by atoms with Crippen LogP contribution < -0.4 is 10.5 Å². The van der Waals surface area contributed by atoms with E-state index in [1.165, 1.54) is 44.2 Å². The van der Waals surface area contributed by atoms with E-state index in [-0.39, 0.29) is 36.8 Å². The van der Waals surface area contributed by atoms with Gasteiger partial charge in [-0.15, -0.1) is 25.6 Å². The van der Waals surface area contributed by atoms with Gasteiger partial charge in [0.25, 0.3) is 0 Å². The summed E-state index contributed by atoms with van der Waals surface area (Å²) in [5, 5.41) is 1.01. The van der Waals surface area contributed by atoms with Gasteiger partial charge in [0, 0.05) is 48.1 Å². The van der Waals surface area contributed by atoms with Gasteiger partial charge < -0.3 is 15.0 Å². The Labute approximate surface area is 238 Å². The number of hydrogen-bond donors (Lipinski definition) is 1. The van der Waals surface area contributed by atoms with Gasteiger partial charge in [-0.3, -0.25) is 4.79 Å². The standard InChI is InChI=1S/C32H33F3N2O2.ClH/c33-32(34,35)39-27-10-6-9-24(18-27)29(19-26(38)17-22-13-15-25(36)16-14-22)30-21-37(20-23-7-2-1-3-8-23)31-12-5-4-11-28(30)31;/h4-6,9-16,18,21,23,29H,1-3,7-8,17,19-20,36H2;1H. The zero-order valence-corrected chi connectivity index (χ0v) is 23.0. The van der Waals surface area contributed by atoms with Gasteiger partial charge in [-0.2, -0.15) is 0 Å². The van der Waals surface area contributed by atoms with Crippen LogP contribution >= 0.6 is 12.4 Å².